The van der Waals surface area contributed by atoms with Crippen LogP contribution in [0.4, 0.5) is 0 Å². The molecule has 4 fully saturated rings. The zero-order chi connectivity index (χ0) is 21.5. The van der Waals surface area contributed by atoms with Crippen molar-refractivity contribution in [2.75, 3.05) is 0 Å². The number of fused-ring (bicyclic) bond motifs is 5. The first-order valence-electron chi connectivity index (χ1n) is 9.71. The summed E-state index contributed by atoms with van der Waals surface area (Å²) in [7, 11) is 0. The molecule has 0 radical (unpaired) electrons. The van der Waals surface area contributed by atoms with Crippen molar-refractivity contribution in [1.82, 2.24) is 0 Å². The second kappa shape index (κ2) is 6.15. The molecule has 8 heteroatoms. The molecule has 0 aromatic carbocycles. The van der Waals surface area contributed by atoms with Crippen molar-refractivity contribution in [3.8, 4) is 0 Å². The second-order valence-corrected chi connectivity index (χ2v) is 9.08. The van der Waals surface area contributed by atoms with Gasteiger partial charge >= 0.3 is 17.9 Å². The van der Waals surface area contributed by atoms with Crippen LogP contribution in [0.25, 0.3) is 0 Å². The molecule has 158 valence electrons. The van der Waals surface area contributed by atoms with Gasteiger partial charge in [-0.25, -0.2) is 9.59 Å². The third-order valence-electron chi connectivity index (χ3n) is 7.00. The van der Waals surface area contributed by atoms with E-state index in [1.807, 2.05) is 13.8 Å². The lowest BCUT2D eigenvalue weighted by Gasteiger charge is -2.55. The molecule has 2 heterocycles. The number of esters is 3. The van der Waals surface area contributed by atoms with Crippen molar-refractivity contribution in [2.24, 2.45) is 17.3 Å². The molecule has 0 aromatic rings. The Hall–Kier alpha value is -2.19. The molecule has 4 rings (SSSR count). The van der Waals surface area contributed by atoms with E-state index in [4.69, 9.17) is 18.9 Å². The number of carbonyl (C=O) groups excluding carboxylic acids is 3. The Morgan fingerprint density at radius 2 is 1.90 bits per heavy atom. The number of ether oxygens (including phenoxy) is 4. The minimum absolute atomic E-state index is 0.200. The van der Waals surface area contributed by atoms with Crippen molar-refractivity contribution in [3.63, 3.8) is 0 Å². The number of rotatable bonds is 3. The van der Waals surface area contributed by atoms with Gasteiger partial charge in [0.05, 0.1) is 12.0 Å². The van der Waals surface area contributed by atoms with E-state index in [0.717, 1.165) is 0 Å². The van der Waals surface area contributed by atoms with Crippen LogP contribution >= 0.6 is 0 Å². The first kappa shape index (κ1) is 20.1. The Bertz CT molecular complexity index is 833. The number of carbonyl (C=O) groups is 3. The molecule has 1 N–H and O–H groups in total. The number of hydrogen-bond acceptors (Lipinski definition) is 8. The maximum absolute atomic E-state index is 12.4. The molecule has 0 aromatic heterocycles. The van der Waals surface area contributed by atoms with Gasteiger partial charge < -0.3 is 24.1 Å². The fourth-order valence-corrected chi connectivity index (χ4v) is 5.84. The quantitative estimate of drug-likeness (QED) is 0.321. The molecule has 4 aliphatic rings. The van der Waals surface area contributed by atoms with E-state index >= 15 is 0 Å². The summed E-state index contributed by atoms with van der Waals surface area (Å²) < 4.78 is 22.9. The van der Waals surface area contributed by atoms with Gasteiger partial charge in [0.25, 0.3) is 0 Å². The highest BCUT2D eigenvalue weighted by Crippen LogP contribution is 2.66. The standard InChI is InChI=1S/C21H26O8/c1-8(2)18(24)28-16-14(26-10(4)22)17-21(6,29-17)15-13-12(9(3)19(25)27-13)11(23)7-20(15,16)5/h11-17,23H,1,3,7H2,2,4-6H3/t11-,12+,13-,14-,15+,16-,17+,20+,21-/m0/s1. The molecular formula is C21H26O8. The Morgan fingerprint density at radius 3 is 2.48 bits per heavy atom. The van der Waals surface area contributed by atoms with Crippen molar-refractivity contribution in [3.05, 3.63) is 24.3 Å². The maximum Gasteiger partial charge on any atom is 0.334 e. The van der Waals surface area contributed by atoms with Gasteiger partial charge in [-0.2, -0.15) is 0 Å². The van der Waals surface area contributed by atoms with Crippen LogP contribution < -0.4 is 0 Å². The molecule has 0 amide bonds. The Balaban J connectivity index is 1.80. The zero-order valence-electron chi connectivity index (χ0n) is 17.0. The van der Waals surface area contributed by atoms with Gasteiger partial charge in [0.15, 0.2) is 6.10 Å². The molecule has 0 unspecified atom stereocenters. The van der Waals surface area contributed by atoms with Crippen LogP contribution in [0.1, 0.15) is 34.1 Å². The van der Waals surface area contributed by atoms with Crippen molar-refractivity contribution >= 4 is 17.9 Å². The van der Waals surface area contributed by atoms with E-state index in [1.54, 1.807) is 0 Å². The van der Waals surface area contributed by atoms with E-state index in [1.165, 1.54) is 13.8 Å². The van der Waals surface area contributed by atoms with E-state index < -0.39 is 65.4 Å². The molecule has 2 aliphatic carbocycles. The normalized spacial score (nSPS) is 47.3. The average Bonchev–Trinajstić information content (AvgIpc) is 3.19. The second-order valence-electron chi connectivity index (χ2n) is 9.08. The summed E-state index contributed by atoms with van der Waals surface area (Å²) in [6.45, 7) is 13.9. The highest BCUT2D eigenvalue weighted by atomic mass is 16.7. The highest BCUT2D eigenvalue weighted by Gasteiger charge is 2.79. The van der Waals surface area contributed by atoms with Crippen molar-refractivity contribution in [2.45, 2.75) is 70.2 Å². The molecule has 2 saturated carbocycles. The molecule has 0 spiro atoms. The lowest BCUT2D eigenvalue weighted by atomic mass is 9.51. The summed E-state index contributed by atoms with van der Waals surface area (Å²) in [5, 5.41) is 10.9. The molecular weight excluding hydrogens is 380 g/mol. The van der Waals surface area contributed by atoms with E-state index in [9.17, 15) is 19.5 Å². The van der Waals surface area contributed by atoms with Gasteiger partial charge in [-0.3, -0.25) is 4.79 Å². The first-order chi connectivity index (χ1) is 13.4. The average molecular weight is 406 g/mol. The number of aliphatic hydroxyl groups is 1. The summed E-state index contributed by atoms with van der Waals surface area (Å²) in [5.41, 5.74) is -1.19. The van der Waals surface area contributed by atoms with Crippen molar-refractivity contribution < 1.29 is 38.4 Å². The van der Waals surface area contributed by atoms with Crippen LogP contribution in [0.3, 0.4) is 0 Å². The summed E-state index contributed by atoms with van der Waals surface area (Å²) in [4.78, 5) is 36.4. The monoisotopic (exact) mass is 406 g/mol. The summed E-state index contributed by atoms with van der Waals surface area (Å²) >= 11 is 0. The zero-order valence-corrected chi connectivity index (χ0v) is 17.0. The summed E-state index contributed by atoms with van der Waals surface area (Å²) in [6, 6.07) is 0. The van der Waals surface area contributed by atoms with E-state index in [2.05, 4.69) is 13.2 Å². The topological polar surface area (TPSA) is 112 Å². The van der Waals surface area contributed by atoms with Crippen LogP contribution in [0, 0.1) is 17.3 Å². The van der Waals surface area contributed by atoms with Crippen molar-refractivity contribution in [1.29, 1.82) is 0 Å². The lowest BCUT2D eigenvalue weighted by molar-refractivity contribution is -0.216. The fourth-order valence-electron chi connectivity index (χ4n) is 5.84. The summed E-state index contributed by atoms with van der Waals surface area (Å²) in [6.07, 6.45) is -3.65. The largest absolute Gasteiger partial charge is 0.458 e. The van der Waals surface area contributed by atoms with Crippen LogP contribution in [-0.4, -0.2) is 59.1 Å². The third-order valence-corrected chi connectivity index (χ3v) is 7.00. The highest BCUT2D eigenvalue weighted by molar-refractivity contribution is 5.91. The molecule has 0 bridgehead atoms. The smallest absolute Gasteiger partial charge is 0.334 e. The molecule has 8 nitrogen and oxygen atoms in total. The number of hydrogen-bond donors (Lipinski definition) is 1. The minimum atomic E-state index is -0.928. The Kier molecular flexibility index (Phi) is 4.26. The molecule has 29 heavy (non-hydrogen) atoms. The van der Waals surface area contributed by atoms with Gasteiger partial charge in [-0.05, 0) is 20.3 Å². The van der Waals surface area contributed by atoms with E-state index in [-0.39, 0.29) is 23.5 Å². The predicted molar refractivity (Wildman–Crippen MR) is 98.3 cm³/mol. The first-order valence-corrected chi connectivity index (χ1v) is 9.71. The lowest BCUT2D eigenvalue weighted by Crippen LogP contribution is -2.67. The number of epoxide rings is 1. The summed E-state index contributed by atoms with van der Waals surface area (Å²) in [5.74, 6) is -2.62. The van der Waals surface area contributed by atoms with Crippen LogP contribution in [0.15, 0.2) is 24.3 Å². The predicted octanol–water partition coefficient (Wildman–Crippen LogP) is 1.06. The van der Waals surface area contributed by atoms with Crippen LogP contribution in [0.5, 0.6) is 0 Å². The van der Waals surface area contributed by atoms with Gasteiger partial charge in [0.2, 0.25) is 0 Å². The maximum atomic E-state index is 12.4. The van der Waals surface area contributed by atoms with Crippen LogP contribution in [0.2, 0.25) is 0 Å². The van der Waals surface area contributed by atoms with E-state index in [0.29, 0.717) is 0 Å². The number of aliphatic hydroxyl groups excluding tert-OH is 1. The van der Waals surface area contributed by atoms with Gasteiger partial charge in [0.1, 0.15) is 23.9 Å². The molecule has 2 aliphatic heterocycles. The van der Waals surface area contributed by atoms with Crippen LogP contribution in [-0.2, 0) is 33.3 Å². The third kappa shape index (κ3) is 2.69. The SMILES string of the molecule is C=C(C)C(=O)O[C@H]1[C@H](OC(C)=O)[C@H]2O[C@@]2(C)[C@@H]2[C@H]3OC(=O)C(=C)[C@@H]3[C@@H](O)C[C@]21C. The molecule has 9 atom stereocenters. The fraction of sp³-hybridized carbons (Fsp3) is 0.667. The minimum Gasteiger partial charge on any atom is -0.458 e. The molecule has 2 saturated heterocycles. The van der Waals surface area contributed by atoms with Gasteiger partial charge in [-0.15, -0.1) is 0 Å². The van der Waals surface area contributed by atoms with Gasteiger partial charge in [-0.1, -0.05) is 20.1 Å². The van der Waals surface area contributed by atoms with Gasteiger partial charge in [0, 0.05) is 29.4 Å². The Morgan fingerprint density at radius 1 is 1.24 bits per heavy atom. The Labute approximate surface area is 168 Å².